The number of hydrogen-bond acceptors (Lipinski definition) is 6. The average Bonchev–Trinajstić information content (AvgIpc) is 3.30. The topological polar surface area (TPSA) is 103 Å². The van der Waals surface area contributed by atoms with Gasteiger partial charge in [-0.3, -0.25) is 4.68 Å². The number of ether oxygens (including phenoxy) is 1. The molecule has 1 aliphatic rings. The zero-order valence-electron chi connectivity index (χ0n) is 15.8. The smallest absolute Gasteiger partial charge is 0.409 e. The van der Waals surface area contributed by atoms with Crippen LogP contribution in [0.15, 0.2) is 24.5 Å². The number of nitriles is 1. The zero-order valence-corrected chi connectivity index (χ0v) is 15.8. The maximum Gasteiger partial charge on any atom is 0.409 e. The van der Waals surface area contributed by atoms with E-state index in [2.05, 4.69) is 26.0 Å². The van der Waals surface area contributed by atoms with Crippen molar-refractivity contribution in [3.63, 3.8) is 0 Å². The van der Waals surface area contributed by atoms with E-state index in [1.165, 1.54) is 0 Å². The highest BCUT2D eigenvalue weighted by atomic mass is 16.6. The van der Waals surface area contributed by atoms with Gasteiger partial charge in [0.2, 0.25) is 0 Å². The minimum absolute atomic E-state index is 0.258. The fourth-order valence-corrected chi connectivity index (χ4v) is 3.55. The summed E-state index contributed by atoms with van der Waals surface area (Å²) in [5.74, 6) is 0. The molecule has 0 radical (unpaired) electrons. The van der Waals surface area contributed by atoms with E-state index in [1.807, 2.05) is 19.1 Å². The Hall–Kier alpha value is -3.54. The molecule has 0 atom stereocenters. The molecule has 1 saturated heterocycles. The first-order valence-corrected chi connectivity index (χ1v) is 9.19. The molecule has 1 amide bonds. The van der Waals surface area contributed by atoms with Gasteiger partial charge in [-0.25, -0.2) is 9.78 Å². The molecule has 0 aromatic carbocycles. The van der Waals surface area contributed by atoms with E-state index in [4.69, 9.17) is 4.74 Å². The quantitative estimate of drug-likeness (QED) is 0.748. The number of rotatable bonds is 3. The summed E-state index contributed by atoms with van der Waals surface area (Å²) >= 11 is 0. The first kappa shape index (κ1) is 17.9. The first-order valence-electron chi connectivity index (χ1n) is 9.19. The highest BCUT2D eigenvalue weighted by Crippen LogP contribution is 2.31. The van der Waals surface area contributed by atoms with Crippen molar-refractivity contribution in [2.24, 2.45) is 7.05 Å². The number of aromatic nitrogens is 4. The van der Waals surface area contributed by atoms with E-state index >= 15 is 0 Å². The number of hydrogen-bond donors (Lipinski definition) is 1. The molecule has 0 spiro atoms. The molecule has 9 heteroatoms. The average molecular weight is 379 g/mol. The van der Waals surface area contributed by atoms with Crippen LogP contribution in [-0.4, -0.2) is 63.5 Å². The lowest BCUT2D eigenvalue weighted by Gasteiger charge is -2.35. The first-order chi connectivity index (χ1) is 13.6. The number of pyridine rings is 1. The number of H-pyrrole nitrogens is 1. The summed E-state index contributed by atoms with van der Waals surface area (Å²) in [4.78, 5) is 23.6. The molecule has 0 saturated carbocycles. The number of aromatic amines is 1. The van der Waals surface area contributed by atoms with E-state index in [9.17, 15) is 10.1 Å². The Bertz CT molecular complexity index is 1050. The Morgan fingerprint density at radius 1 is 1.36 bits per heavy atom. The van der Waals surface area contributed by atoms with Crippen molar-refractivity contribution < 1.29 is 9.53 Å². The highest BCUT2D eigenvalue weighted by molar-refractivity contribution is 5.94. The van der Waals surface area contributed by atoms with Gasteiger partial charge in [-0.1, -0.05) is 0 Å². The fourth-order valence-electron chi connectivity index (χ4n) is 3.55. The van der Waals surface area contributed by atoms with Crippen LogP contribution in [0.4, 0.5) is 10.5 Å². The number of piperazine rings is 1. The van der Waals surface area contributed by atoms with Crippen molar-refractivity contribution in [1.29, 1.82) is 5.26 Å². The predicted octanol–water partition coefficient (Wildman–Crippen LogP) is 2.11. The van der Waals surface area contributed by atoms with Gasteiger partial charge in [0.15, 0.2) is 0 Å². The standard InChI is InChI=1S/C19H21N7O2/c1-3-28-19(27)26-8-6-25(7-9-26)16-4-5-21-18-13(16)10-15(23-18)14-12-22-24(2)17(14)11-20/h4-5,10,12H,3,6-9H2,1-2H3,(H,21,23). The van der Waals surface area contributed by atoms with Crippen molar-refractivity contribution in [2.45, 2.75) is 6.92 Å². The van der Waals surface area contributed by atoms with Gasteiger partial charge in [0.1, 0.15) is 17.4 Å². The summed E-state index contributed by atoms with van der Waals surface area (Å²) in [5.41, 5.74) is 3.87. The van der Waals surface area contributed by atoms with Crippen LogP contribution in [0.25, 0.3) is 22.3 Å². The fraction of sp³-hybridized carbons (Fsp3) is 0.368. The Labute approximate surface area is 162 Å². The maximum atomic E-state index is 11.9. The summed E-state index contributed by atoms with van der Waals surface area (Å²) < 4.78 is 6.65. The molecule has 0 bridgehead atoms. The molecule has 1 N–H and O–H groups in total. The van der Waals surface area contributed by atoms with Crippen LogP contribution < -0.4 is 4.90 Å². The molecule has 1 fully saturated rings. The lowest BCUT2D eigenvalue weighted by atomic mass is 10.1. The summed E-state index contributed by atoms with van der Waals surface area (Å²) in [6, 6.07) is 6.18. The molecular formula is C19H21N7O2. The lowest BCUT2D eigenvalue weighted by molar-refractivity contribution is 0.105. The molecule has 0 unspecified atom stereocenters. The van der Waals surface area contributed by atoms with E-state index in [-0.39, 0.29) is 6.09 Å². The van der Waals surface area contributed by atoms with Gasteiger partial charge in [-0.05, 0) is 19.1 Å². The number of carbonyl (C=O) groups is 1. The van der Waals surface area contributed by atoms with Crippen molar-refractivity contribution >= 4 is 22.8 Å². The van der Waals surface area contributed by atoms with E-state index < -0.39 is 0 Å². The minimum atomic E-state index is -0.258. The van der Waals surface area contributed by atoms with Crippen LogP contribution in [0.5, 0.6) is 0 Å². The second-order valence-corrected chi connectivity index (χ2v) is 6.59. The molecule has 144 valence electrons. The van der Waals surface area contributed by atoms with Crippen molar-refractivity contribution in [1.82, 2.24) is 24.6 Å². The van der Waals surface area contributed by atoms with Gasteiger partial charge < -0.3 is 19.5 Å². The third-order valence-electron chi connectivity index (χ3n) is 4.99. The predicted molar refractivity (Wildman–Crippen MR) is 104 cm³/mol. The van der Waals surface area contributed by atoms with Gasteiger partial charge in [0.05, 0.1) is 24.1 Å². The van der Waals surface area contributed by atoms with Crippen molar-refractivity contribution in [2.75, 3.05) is 37.7 Å². The number of nitrogens with zero attached hydrogens (tertiary/aromatic N) is 6. The third-order valence-corrected chi connectivity index (χ3v) is 4.99. The number of amides is 1. The maximum absolute atomic E-state index is 11.9. The van der Waals surface area contributed by atoms with Crippen LogP contribution in [0.3, 0.4) is 0 Å². The van der Waals surface area contributed by atoms with Gasteiger partial charge in [0, 0.05) is 50.5 Å². The van der Waals surface area contributed by atoms with Crippen LogP contribution >= 0.6 is 0 Å². The summed E-state index contributed by atoms with van der Waals surface area (Å²) in [6.07, 6.45) is 3.19. The molecule has 3 aromatic heterocycles. The van der Waals surface area contributed by atoms with Crippen LogP contribution in [-0.2, 0) is 11.8 Å². The Kier molecular flexibility index (Phi) is 4.61. The van der Waals surface area contributed by atoms with Gasteiger partial charge in [-0.15, -0.1) is 0 Å². The van der Waals surface area contributed by atoms with Crippen LogP contribution in [0.2, 0.25) is 0 Å². The van der Waals surface area contributed by atoms with E-state index in [1.54, 1.807) is 29.0 Å². The van der Waals surface area contributed by atoms with Gasteiger partial charge in [0.25, 0.3) is 0 Å². The number of aryl methyl sites for hydroxylation is 1. The molecule has 9 nitrogen and oxygen atoms in total. The molecule has 3 aromatic rings. The number of anilines is 1. The van der Waals surface area contributed by atoms with Gasteiger partial charge in [-0.2, -0.15) is 10.4 Å². The van der Waals surface area contributed by atoms with E-state index in [0.29, 0.717) is 25.4 Å². The van der Waals surface area contributed by atoms with Crippen LogP contribution in [0, 0.1) is 11.3 Å². The SMILES string of the molecule is CCOC(=O)N1CCN(c2ccnc3[nH]c(-c4cnn(C)c4C#N)cc23)CC1. The molecule has 28 heavy (non-hydrogen) atoms. The molecular weight excluding hydrogens is 358 g/mol. The minimum Gasteiger partial charge on any atom is -0.450 e. The molecule has 4 heterocycles. The number of carbonyl (C=O) groups excluding carboxylic acids is 1. The lowest BCUT2D eigenvalue weighted by Crippen LogP contribution is -2.49. The van der Waals surface area contributed by atoms with Gasteiger partial charge >= 0.3 is 6.09 Å². The Morgan fingerprint density at radius 2 is 2.14 bits per heavy atom. The highest BCUT2D eigenvalue weighted by Gasteiger charge is 2.24. The molecule has 4 rings (SSSR count). The summed E-state index contributed by atoms with van der Waals surface area (Å²) in [7, 11) is 1.75. The Morgan fingerprint density at radius 3 is 2.86 bits per heavy atom. The largest absolute Gasteiger partial charge is 0.450 e. The van der Waals surface area contributed by atoms with E-state index in [0.717, 1.165) is 41.1 Å². The number of fused-ring (bicyclic) bond motifs is 1. The Balaban J connectivity index is 1.62. The summed E-state index contributed by atoms with van der Waals surface area (Å²) in [5, 5.41) is 14.6. The van der Waals surface area contributed by atoms with Crippen molar-refractivity contribution in [3.05, 3.63) is 30.2 Å². The normalized spacial score (nSPS) is 14.3. The van der Waals surface area contributed by atoms with Crippen LogP contribution in [0.1, 0.15) is 12.6 Å². The number of nitrogens with one attached hydrogen (secondary N) is 1. The third kappa shape index (κ3) is 3.03. The molecule has 1 aliphatic heterocycles. The summed E-state index contributed by atoms with van der Waals surface area (Å²) in [6.45, 7) is 4.85. The van der Waals surface area contributed by atoms with Crippen molar-refractivity contribution in [3.8, 4) is 17.3 Å². The monoisotopic (exact) mass is 379 g/mol. The molecule has 0 aliphatic carbocycles. The second-order valence-electron chi connectivity index (χ2n) is 6.59. The zero-order chi connectivity index (χ0) is 19.7. The second kappa shape index (κ2) is 7.23.